The average molecular weight is 170 g/mol. The van der Waals surface area contributed by atoms with Gasteiger partial charge in [0, 0.05) is 6.61 Å². The van der Waals surface area contributed by atoms with Gasteiger partial charge in [0.15, 0.2) is 0 Å². The molecule has 0 aromatic carbocycles. The molecule has 1 saturated heterocycles. The van der Waals surface area contributed by atoms with E-state index < -0.39 is 0 Å². The van der Waals surface area contributed by atoms with E-state index in [2.05, 4.69) is 6.92 Å². The fourth-order valence-corrected chi connectivity index (χ4v) is 0.625. The van der Waals surface area contributed by atoms with Crippen LogP contribution in [0.5, 0.6) is 0 Å². The Morgan fingerprint density at radius 2 is 2.18 bits per heavy atom. The van der Waals surface area contributed by atoms with Crippen LogP contribution in [0.3, 0.4) is 0 Å². The molecule has 0 radical (unpaired) electrons. The number of hydrogen-bond acceptors (Lipinski definition) is 3. The van der Waals surface area contributed by atoms with Crippen molar-refractivity contribution >= 4 is 0 Å². The van der Waals surface area contributed by atoms with Gasteiger partial charge in [-0.3, -0.25) is 0 Å². The largest absolute Gasteiger partial charge is 1.00 e. The van der Waals surface area contributed by atoms with Crippen molar-refractivity contribution in [2.75, 3.05) is 19.8 Å². The van der Waals surface area contributed by atoms with Crippen molar-refractivity contribution in [1.29, 1.82) is 0 Å². The van der Waals surface area contributed by atoms with Crippen LogP contribution < -0.4 is 29.6 Å². The Morgan fingerprint density at radius 3 is 2.64 bits per heavy atom. The van der Waals surface area contributed by atoms with Crippen LogP contribution in [-0.4, -0.2) is 31.4 Å². The Labute approximate surface area is 90.0 Å². The van der Waals surface area contributed by atoms with Crippen molar-refractivity contribution in [1.82, 2.24) is 0 Å². The summed E-state index contributed by atoms with van der Waals surface area (Å²) in [5, 5.41) is 0. The molecule has 0 bridgehead atoms. The van der Waals surface area contributed by atoms with Crippen LogP contribution in [0.25, 0.3) is 0 Å². The summed E-state index contributed by atoms with van der Waals surface area (Å²) in [6.45, 7) is 4.78. The Bertz CT molecular complexity index is 76.1. The number of rotatable bonds is 5. The molecule has 1 heterocycles. The van der Waals surface area contributed by atoms with Crippen molar-refractivity contribution in [3.8, 4) is 0 Å². The van der Waals surface area contributed by atoms with Gasteiger partial charge in [0.2, 0.25) is 0 Å². The summed E-state index contributed by atoms with van der Waals surface area (Å²) in [5.74, 6) is 0. The average Bonchev–Trinajstić information content (AvgIpc) is 2.63. The van der Waals surface area contributed by atoms with Crippen LogP contribution in [0, 0.1) is 0 Å². The van der Waals surface area contributed by atoms with Gasteiger partial charge < -0.3 is 14.9 Å². The molecule has 62 valence electrons. The molecule has 4 heteroatoms. The molecule has 1 N–H and O–H groups in total. The second kappa shape index (κ2) is 8.97. The van der Waals surface area contributed by atoms with Crippen molar-refractivity contribution in [2.24, 2.45) is 0 Å². The predicted molar refractivity (Wildman–Crippen MR) is 37.4 cm³/mol. The first-order valence-corrected chi connectivity index (χ1v) is 3.63. The topological polar surface area (TPSA) is 51.8 Å². The van der Waals surface area contributed by atoms with Gasteiger partial charge >= 0.3 is 29.6 Å². The minimum absolute atomic E-state index is 0. The summed E-state index contributed by atoms with van der Waals surface area (Å²) >= 11 is 0. The quantitative estimate of drug-likeness (QED) is 0.273. The maximum absolute atomic E-state index is 5.27. The fraction of sp³-hybridized carbons (Fsp3) is 1.00. The van der Waals surface area contributed by atoms with Crippen molar-refractivity contribution < 1.29 is 44.5 Å². The third-order valence-electron chi connectivity index (χ3n) is 1.35. The van der Waals surface area contributed by atoms with Gasteiger partial charge in [-0.25, -0.2) is 0 Å². The third-order valence-corrected chi connectivity index (χ3v) is 1.35. The molecule has 1 atom stereocenters. The Hall–Kier alpha value is 0.880. The molecule has 0 saturated carbocycles. The smallest absolute Gasteiger partial charge is 0.870 e. The van der Waals surface area contributed by atoms with E-state index in [9.17, 15) is 0 Å². The molecular weight excluding hydrogens is 155 g/mol. The van der Waals surface area contributed by atoms with Crippen LogP contribution in [0.1, 0.15) is 19.8 Å². The van der Waals surface area contributed by atoms with Crippen molar-refractivity contribution in [2.45, 2.75) is 25.9 Å². The molecule has 1 fully saturated rings. The van der Waals surface area contributed by atoms with Crippen molar-refractivity contribution in [3.05, 3.63) is 0 Å². The molecule has 11 heavy (non-hydrogen) atoms. The maximum Gasteiger partial charge on any atom is 1.00 e. The first kappa shape index (κ1) is 14.4. The zero-order valence-electron chi connectivity index (χ0n) is 7.38. The summed E-state index contributed by atoms with van der Waals surface area (Å²) in [4.78, 5) is 0. The molecule has 0 spiro atoms. The standard InChI is InChI=1S/C7H14O2.Na.H2O/c1-2-3-4-8-5-7-6-9-7;;/h7H,2-6H2,1H3;;1H2/q;+1;/p-1. The Kier molecular flexibility index (Phi) is 11.8. The zero-order valence-corrected chi connectivity index (χ0v) is 9.38. The van der Waals surface area contributed by atoms with E-state index in [4.69, 9.17) is 9.47 Å². The van der Waals surface area contributed by atoms with E-state index in [1.807, 2.05) is 0 Å². The molecule has 0 aromatic heterocycles. The van der Waals surface area contributed by atoms with E-state index in [1.54, 1.807) is 0 Å². The first-order valence-electron chi connectivity index (χ1n) is 3.63. The van der Waals surface area contributed by atoms with Crippen LogP contribution in [0.2, 0.25) is 0 Å². The minimum atomic E-state index is 0. The number of hydrogen-bond donors (Lipinski definition) is 0. The first-order chi connectivity index (χ1) is 4.43. The van der Waals surface area contributed by atoms with Crippen LogP contribution in [-0.2, 0) is 9.47 Å². The normalized spacial score (nSPS) is 19.9. The van der Waals surface area contributed by atoms with E-state index >= 15 is 0 Å². The van der Waals surface area contributed by atoms with Gasteiger partial charge in [-0.1, -0.05) is 13.3 Å². The zero-order chi connectivity index (χ0) is 6.53. The van der Waals surface area contributed by atoms with E-state index in [-0.39, 0.29) is 35.0 Å². The second-order valence-corrected chi connectivity index (χ2v) is 2.38. The molecule has 0 amide bonds. The van der Waals surface area contributed by atoms with Gasteiger partial charge in [-0.05, 0) is 6.42 Å². The summed E-state index contributed by atoms with van der Waals surface area (Å²) in [6, 6.07) is 0. The predicted octanol–water partition coefficient (Wildman–Crippen LogP) is -1.97. The van der Waals surface area contributed by atoms with Gasteiger partial charge in [0.25, 0.3) is 0 Å². The SMILES string of the molecule is CCCCOCC1CO1.[Na+].[OH-]. The molecule has 0 aliphatic carbocycles. The van der Waals surface area contributed by atoms with Gasteiger partial charge in [-0.2, -0.15) is 0 Å². The van der Waals surface area contributed by atoms with E-state index in [0.717, 1.165) is 19.8 Å². The van der Waals surface area contributed by atoms with E-state index in [1.165, 1.54) is 12.8 Å². The van der Waals surface area contributed by atoms with Crippen LogP contribution in [0.15, 0.2) is 0 Å². The molecule has 1 aliphatic rings. The summed E-state index contributed by atoms with van der Waals surface area (Å²) < 4.78 is 10.2. The molecule has 1 unspecified atom stereocenters. The van der Waals surface area contributed by atoms with Gasteiger partial charge in [-0.15, -0.1) is 0 Å². The summed E-state index contributed by atoms with van der Waals surface area (Å²) in [7, 11) is 0. The fourth-order valence-electron chi connectivity index (χ4n) is 0.625. The van der Waals surface area contributed by atoms with Crippen LogP contribution in [0.4, 0.5) is 0 Å². The van der Waals surface area contributed by atoms with Gasteiger partial charge in [0.1, 0.15) is 6.10 Å². The summed E-state index contributed by atoms with van der Waals surface area (Å²) in [6.07, 6.45) is 2.82. The Balaban J connectivity index is 0. The Morgan fingerprint density at radius 1 is 1.55 bits per heavy atom. The minimum Gasteiger partial charge on any atom is -0.870 e. The summed E-state index contributed by atoms with van der Waals surface area (Å²) in [5.41, 5.74) is 0. The van der Waals surface area contributed by atoms with E-state index in [0.29, 0.717) is 6.10 Å². The monoisotopic (exact) mass is 170 g/mol. The molecule has 0 aromatic rings. The molecule has 1 rings (SSSR count). The molecular formula is C7H15NaO3. The molecule has 1 aliphatic heterocycles. The number of ether oxygens (including phenoxy) is 2. The van der Waals surface area contributed by atoms with Gasteiger partial charge in [0.05, 0.1) is 13.2 Å². The molecule has 3 nitrogen and oxygen atoms in total. The third kappa shape index (κ3) is 8.79. The van der Waals surface area contributed by atoms with Crippen molar-refractivity contribution in [3.63, 3.8) is 0 Å². The second-order valence-electron chi connectivity index (χ2n) is 2.38. The maximum atomic E-state index is 5.27. The van der Waals surface area contributed by atoms with Crippen LogP contribution >= 0.6 is 0 Å². The number of epoxide rings is 1. The number of unbranched alkanes of at least 4 members (excludes halogenated alkanes) is 1.